The Bertz CT molecular complexity index is 816. The number of fused-ring (bicyclic) bond motifs is 1. The molecular weight excluding hydrogens is 276 g/mol. The molecule has 1 heterocycles. The number of hydrogen-bond acceptors (Lipinski definition) is 4. The van der Waals surface area contributed by atoms with Crippen molar-refractivity contribution in [3.05, 3.63) is 60.6 Å². The lowest BCUT2D eigenvalue weighted by atomic mass is 10.2. The standard InChI is InChI=1S/C17H16N4O/c1-12-4-2-3-5-15(12)19-10-17(22)21-14-6-7-16-13(8-14)9-18-11-20-16/h2-9,11,19H,10H2,1H3,(H,21,22). The van der Waals surface area contributed by atoms with E-state index in [2.05, 4.69) is 20.6 Å². The van der Waals surface area contributed by atoms with Crippen LogP contribution in [-0.2, 0) is 4.79 Å². The number of hydrogen-bond donors (Lipinski definition) is 2. The Kier molecular flexibility index (Phi) is 3.96. The first-order valence-electron chi connectivity index (χ1n) is 7.01. The molecular formula is C17H16N4O. The summed E-state index contributed by atoms with van der Waals surface area (Å²) in [5.41, 5.74) is 3.66. The van der Waals surface area contributed by atoms with Crippen molar-refractivity contribution in [1.82, 2.24) is 9.97 Å². The van der Waals surface area contributed by atoms with E-state index >= 15 is 0 Å². The predicted molar refractivity (Wildman–Crippen MR) is 87.8 cm³/mol. The fourth-order valence-electron chi connectivity index (χ4n) is 2.21. The van der Waals surface area contributed by atoms with Gasteiger partial charge in [0.25, 0.3) is 0 Å². The highest BCUT2D eigenvalue weighted by Gasteiger charge is 2.04. The van der Waals surface area contributed by atoms with Gasteiger partial charge in [-0.3, -0.25) is 4.79 Å². The number of anilines is 2. The van der Waals surface area contributed by atoms with Gasteiger partial charge >= 0.3 is 0 Å². The minimum atomic E-state index is -0.0977. The third kappa shape index (κ3) is 3.20. The van der Waals surface area contributed by atoms with Crippen LogP contribution in [0, 0.1) is 6.92 Å². The summed E-state index contributed by atoms with van der Waals surface area (Å²) in [7, 11) is 0. The Morgan fingerprint density at radius 1 is 1.18 bits per heavy atom. The van der Waals surface area contributed by atoms with Crippen LogP contribution in [0.15, 0.2) is 55.0 Å². The second kappa shape index (κ2) is 6.22. The zero-order chi connectivity index (χ0) is 15.4. The second-order valence-corrected chi connectivity index (χ2v) is 5.01. The lowest BCUT2D eigenvalue weighted by molar-refractivity contribution is -0.114. The number of nitrogens with zero attached hydrogens (tertiary/aromatic N) is 2. The molecule has 2 aromatic carbocycles. The van der Waals surface area contributed by atoms with Gasteiger partial charge in [0.1, 0.15) is 6.33 Å². The van der Waals surface area contributed by atoms with Crippen LogP contribution in [0.25, 0.3) is 10.9 Å². The fourth-order valence-corrected chi connectivity index (χ4v) is 2.21. The molecule has 0 aliphatic carbocycles. The van der Waals surface area contributed by atoms with E-state index in [1.165, 1.54) is 6.33 Å². The molecule has 0 atom stereocenters. The smallest absolute Gasteiger partial charge is 0.243 e. The van der Waals surface area contributed by atoms with Gasteiger partial charge in [0.2, 0.25) is 5.91 Å². The van der Waals surface area contributed by atoms with Crippen molar-refractivity contribution >= 4 is 28.2 Å². The van der Waals surface area contributed by atoms with Crippen LogP contribution >= 0.6 is 0 Å². The van der Waals surface area contributed by atoms with Crippen molar-refractivity contribution in [2.24, 2.45) is 0 Å². The Morgan fingerprint density at radius 2 is 2.05 bits per heavy atom. The molecule has 1 amide bonds. The highest BCUT2D eigenvalue weighted by molar-refractivity contribution is 5.95. The van der Waals surface area contributed by atoms with E-state index in [1.807, 2.05) is 49.4 Å². The molecule has 0 saturated heterocycles. The maximum Gasteiger partial charge on any atom is 0.243 e. The third-order valence-electron chi connectivity index (χ3n) is 3.37. The Labute approximate surface area is 128 Å². The molecule has 0 aliphatic heterocycles. The van der Waals surface area contributed by atoms with Crippen LogP contribution in [0.4, 0.5) is 11.4 Å². The Balaban J connectivity index is 1.64. The average Bonchev–Trinajstić information content (AvgIpc) is 2.54. The summed E-state index contributed by atoms with van der Waals surface area (Å²) in [6.07, 6.45) is 3.23. The quantitative estimate of drug-likeness (QED) is 0.775. The summed E-state index contributed by atoms with van der Waals surface area (Å²) in [6.45, 7) is 2.22. The second-order valence-electron chi connectivity index (χ2n) is 5.01. The van der Waals surface area contributed by atoms with Crippen LogP contribution in [0.5, 0.6) is 0 Å². The zero-order valence-electron chi connectivity index (χ0n) is 12.2. The molecule has 22 heavy (non-hydrogen) atoms. The van der Waals surface area contributed by atoms with Gasteiger partial charge in [-0.25, -0.2) is 9.97 Å². The van der Waals surface area contributed by atoms with Crippen LogP contribution in [0.2, 0.25) is 0 Å². The summed E-state index contributed by atoms with van der Waals surface area (Å²) in [4.78, 5) is 20.2. The molecule has 0 spiro atoms. The lowest BCUT2D eigenvalue weighted by Crippen LogP contribution is -2.22. The van der Waals surface area contributed by atoms with Crippen molar-refractivity contribution < 1.29 is 4.79 Å². The minimum Gasteiger partial charge on any atom is -0.376 e. The normalized spacial score (nSPS) is 10.4. The van der Waals surface area contributed by atoms with E-state index in [0.29, 0.717) is 0 Å². The number of rotatable bonds is 4. The topological polar surface area (TPSA) is 66.9 Å². The monoisotopic (exact) mass is 292 g/mol. The molecule has 1 aromatic heterocycles. The van der Waals surface area contributed by atoms with E-state index in [1.54, 1.807) is 6.20 Å². The largest absolute Gasteiger partial charge is 0.376 e. The lowest BCUT2D eigenvalue weighted by Gasteiger charge is -2.10. The van der Waals surface area contributed by atoms with Crippen molar-refractivity contribution in [2.45, 2.75) is 6.92 Å². The van der Waals surface area contributed by atoms with Crippen molar-refractivity contribution in [3.8, 4) is 0 Å². The molecule has 0 radical (unpaired) electrons. The number of nitrogens with one attached hydrogen (secondary N) is 2. The van der Waals surface area contributed by atoms with Crippen LogP contribution in [-0.4, -0.2) is 22.4 Å². The summed E-state index contributed by atoms with van der Waals surface area (Å²) in [5.74, 6) is -0.0977. The van der Waals surface area contributed by atoms with Gasteiger partial charge < -0.3 is 10.6 Å². The van der Waals surface area contributed by atoms with E-state index in [-0.39, 0.29) is 12.5 Å². The summed E-state index contributed by atoms with van der Waals surface area (Å²) < 4.78 is 0. The minimum absolute atomic E-state index is 0.0977. The fraction of sp³-hybridized carbons (Fsp3) is 0.118. The Hall–Kier alpha value is -2.95. The van der Waals surface area contributed by atoms with Gasteiger partial charge in [-0.15, -0.1) is 0 Å². The molecule has 0 unspecified atom stereocenters. The van der Waals surface area contributed by atoms with Crippen molar-refractivity contribution in [3.63, 3.8) is 0 Å². The zero-order valence-corrected chi connectivity index (χ0v) is 12.2. The number of carbonyl (C=O) groups is 1. The number of aromatic nitrogens is 2. The van der Waals surface area contributed by atoms with Crippen LogP contribution < -0.4 is 10.6 Å². The number of benzene rings is 2. The number of para-hydroxylation sites is 1. The van der Waals surface area contributed by atoms with Gasteiger partial charge in [-0.1, -0.05) is 18.2 Å². The molecule has 0 aliphatic rings. The van der Waals surface area contributed by atoms with Gasteiger partial charge in [0.15, 0.2) is 0 Å². The summed E-state index contributed by atoms with van der Waals surface area (Å²) in [5, 5.41) is 6.90. The molecule has 0 fully saturated rings. The highest BCUT2D eigenvalue weighted by atomic mass is 16.1. The molecule has 5 nitrogen and oxygen atoms in total. The highest BCUT2D eigenvalue weighted by Crippen LogP contribution is 2.16. The molecule has 5 heteroatoms. The van der Waals surface area contributed by atoms with Crippen molar-refractivity contribution in [2.75, 3.05) is 17.2 Å². The molecule has 110 valence electrons. The van der Waals surface area contributed by atoms with E-state index in [0.717, 1.165) is 27.8 Å². The maximum absolute atomic E-state index is 12.0. The molecule has 3 rings (SSSR count). The first-order valence-corrected chi connectivity index (χ1v) is 7.01. The van der Waals surface area contributed by atoms with E-state index in [9.17, 15) is 4.79 Å². The molecule has 0 bridgehead atoms. The Morgan fingerprint density at radius 3 is 2.91 bits per heavy atom. The number of carbonyl (C=O) groups excluding carboxylic acids is 1. The molecule has 2 N–H and O–H groups in total. The number of aryl methyl sites for hydroxylation is 1. The van der Waals surface area contributed by atoms with Crippen LogP contribution in [0.1, 0.15) is 5.56 Å². The van der Waals surface area contributed by atoms with Gasteiger partial charge in [0.05, 0.1) is 12.1 Å². The first-order chi connectivity index (χ1) is 10.7. The average molecular weight is 292 g/mol. The third-order valence-corrected chi connectivity index (χ3v) is 3.37. The van der Waals surface area contributed by atoms with E-state index in [4.69, 9.17) is 0 Å². The van der Waals surface area contributed by atoms with E-state index < -0.39 is 0 Å². The summed E-state index contributed by atoms with van der Waals surface area (Å²) in [6, 6.07) is 13.4. The maximum atomic E-state index is 12.0. The summed E-state index contributed by atoms with van der Waals surface area (Å²) >= 11 is 0. The van der Waals surface area contributed by atoms with Gasteiger partial charge in [-0.2, -0.15) is 0 Å². The first kappa shape index (κ1) is 14.0. The van der Waals surface area contributed by atoms with Crippen molar-refractivity contribution in [1.29, 1.82) is 0 Å². The van der Waals surface area contributed by atoms with Crippen LogP contribution in [0.3, 0.4) is 0 Å². The number of amides is 1. The van der Waals surface area contributed by atoms with Gasteiger partial charge in [-0.05, 0) is 36.8 Å². The molecule has 3 aromatic rings. The van der Waals surface area contributed by atoms with Gasteiger partial charge in [0, 0.05) is 23.0 Å². The SMILES string of the molecule is Cc1ccccc1NCC(=O)Nc1ccc2ncncc2c1. The molecule has 0 saturated carbocycles. The predicted octanol–water partition coefficient (Wildman–Crippen LogP) is 2.99.